The summed E-state index contributed by atoms with van der Waals surface area (Å²) in [4.78, 5) is 8.59. The highest BCUT2D eigenvalue weighted by molar-refractivity contribution is 5.88. The summed E-state index contributed by atoms with van der Waals surface area (Å²) in [5, 5.41) is 0. The molecule has 0 bridgehead atoms. The third kappa shape index (κ3) is 1.22. The molecule has 66 valence electrons. The van der Waals surface area contributed by atoms with Crippen LogP contribution in [0.3, 0.4) is 0 Å². The lowest BCUT2D eigenvalue weighted by molar-refractivity contribution is 1.22. The first-order valence-electron chi connectivity index (χ1n) is 4.17. The van der Waals surface area contributed by atoms with Crippen LogP contribution in [0.5, 0.6) is 0 Å². The Labute approximate surface area is 76.6 Å². The molecule has 0 radical (unpaired) electrons. The standard InChI is InChI=1S/C10H11N3/c1-6-3-4-12-10-8(11)5-7(2)13-9(6)10/h3-5H,1-2H3,(H2,11,13). The van der Waals surface area contributed by atoms with Gasteiger partial charge in [-0.05, 0) is 31.5 Å². The molecule has 0 aliphatic rings. The number of fused-ring (bicyclic) bond motifs is 1. The van der Waals surface area contributed by atoms with Crippen molar-refractivity contribution >= 4 is 16.7 Å². The molecule has 0 aliphatic heterocycles. The van der Waals surface area contributed by atoms with Crippen LogP contribution in [0.25, 0.3) is 11.0 Å². The molecule has 0 aromatic carbocycles. The number of nitrogen functional groups attached to an aromatic ring is 1. The highest BCUT2D eigenvalue weighted by atomic mass is 14.8. The van der Waals surface area contributed by atoms with Gasteiger partial charge in [-0.2, -0.15) is 0 Å². The normalized spacial score (nSPS) is 10.6. The smallest absolute Gasteiger partial charge is 0.112 e. The van der Waals surface area contributed by atoms with Crippen LogP contribution in [0, 0.1) is 13.8 Å². The van der Waals surface area contributed by atoms with Crippen molar-refractivity contribution in [2.75, 3.05) is 5.73 Å². The molecule has 3 nitrogen and oxygen atoms in total. The summed E-state index contributed by atoms with van der Waals surface area (Å²) < 4.78 is 0. The first-order chi connectivity index (χ1) is 6.18. The Bertz CT molecular complexity index is 463. The van der Waals surface area contributed by atoms with Gasteiger partial charge in [0.2, 0.25) is 0 Å². The van der Waals surface area contributed by atoms with E-state index < -0.39 is 0 Å². The molecule has 2 rings (SSSR count). The number of rotatable bonds is 0. The molecule has 0 atom stereocenters. The number of aryl methyl sites for hydroxylation is 2. The van der Waals surface area contributed by atoms with Gasteiger partial charge in [0, 0.05) is 11.9 Å². The number of nitrogens with two attached hydrogens (primary N) is 1. The molecule has 2 aromatic rings. The zero-order chi connectivity index (χ0) is 9.42. The number of hydrogen-bond acceptors (Lipinski definition) is 3. The molecule has 0 spiro atoms. The highest BCUT2D eigenvalue weighted by Gasteiger charge is 2.03. The summed E-state index contributed by atoms with van der Waals surface area (Å²) in [6.45, 7) is 3.94. The van der Waals surface area contributed by atoms with Gasteiger partial charge in [0.1, 0.15) is 5.52 Å². The third-order valence-corrected chi connectivity index (χ3v) is 2.05. The van der Waals surface area contributed by atoms with Crippen LogP contribution >= 0.6 is 0 Å². The van der Waals surface area contributed by atoms with E-state index in [0.29, 0.717) is 5.69 Å². The fourth-order valence-corrected chi connectivity index (χ4v) is 1.40. The summed E-state index contributed by atoms with van der Waals surface area (Å²) in [6.07, 6.45) is 1.76. The largest absolute Gasteiger partial charge is 0.397 e. The van der Waals surface area contributed by atoms with Crippen molar-refractivity contribution in [3.63, 3.8) is 0 Å². The first-order valence-corrected chi connectivity index (χ1v) is 4.17. The molecular formula is C10H11N3. The Morgan fingerprint density at radius 3 is 2.77 bits per heavy atom. The molecule has 2 N–H and O–H groups in total. The molecule has 2 aromatic heterocycles. The minimum absolute atomic E-state index is 0.700. The van der Waals surface area contributed by atoms with Gasteiger partial charge in [-0.15, -0.1) is 0 Å². The molecule has 13 heavy (non-hydrogen) atoms. The molecule has 0 aliphatic carbocycles. The monoisotopic (exact) mass is 173 g/mol. The molecule has 0 saturated heterocycles. The van der Waals surface area contributed by atoms with Crippen molar-refractivity contribution in [1.29, 1.82) is 0 Å². The van der Waals surface area contributed by atoms with E-state index in [-0.39, 0.29) is 0 Å². The van der Waals surface area contributed by atoms with E-state index >= 15 is 0 Å². The minimum atomic E-state index is 0.700. The van der Waals surface area contributed by atoms with Crippen LogP contribution < -0.4 is 5.73 Å². The zero-order valence-electron chi connectivity index (χ0n) is 7.70. The van der Waals surface area contributed by atoms with Crippen LogP contribution in [0.2, 0.25) is 0 Å². The van der Waals surface area contributed by atoms with Crippen LogP contribution in [0.1, 0.15) is 11.3 Å². The summed E-state index contributed by atoms with van der Waals surface area (Å²) in [5.41, 5.74) is 10.3. The van der Waals surface area contributed by atoms with E-state index in [9.17, 15) is 0 Å². The lowest BCUT2D eigenvalue weighted by Gasteiger charge is -2.04. The molecule has 0 fully saturated rings. The molecule has 2 heterocycles. The number of nitrogens with zero attached hydrogens (tertiary/aromatic N) is 2. The van der Waals surface area contributed by atoms with Gasteiger partial charge in [0.05, 0.1) is 11.2 Å². The summed E-state index contributed by atoms with van der Waals surface area (Å²) in [5.74, 6) is 0. The topological polar surface area (TPSA) is 51.8 Å². The van der Waals surface area contributed by atoms with E-state index in [2.05, 4.69) is 9.97 Å². The fourth-order valence-electron chi connectivity index (χ4n) is 1.40. The maximum Gasteiger partial charge on any atom is 0.112 e. The number of aromatic nitrogens is 2. The molecular weight excluding hydrogens is 162 g/mol. The van der Waals surface area contributed by atoms with Crippen molar-refractivity contribution in [3.8, 4) is 0 Å². The maximum absolute atomic E-state index is 5.82. The Morgan fingerprint density at radius 1 is 1.23 bits per heavy atom. The van der Waals surface area contributed by atoms with Gasteiger partial charge < -0.3 is 5.73 Å². The van der Waals surface area contributed by atoms with Gasteiger partial charge in [-0.1, -0.05) is 0 Å². The Balaban J connectivity index is 2.94. The van der Waals surface area contributed by atoms with Gasteiger partial charge in [0.15, 0.2) is 0 Å². The average molecular weight is 173 g/mol. The second-order valence-corrected chi connectivity index (χ2v) is 3.18. The van der Waals surface area contributed by atoms with E-state index in [1.807, 2.05) is 26.0 Å². The Hall–Kier alpha value is -1.64. The zero-order valence-corrected chi connectivity index (χ0v) is 7.70. The van der Waals surface area contributed by atoms with Gasteiger partial charge in [0.25, 0.3) is 0 Å². The number of pyridine rings is 2. The van der Waals surface area contributed by atoms with E-state index in [1.54, 1.807) is 6.20 Å². The number of anilines is 1. The second-order valence-electron chi connectivity index (χ2n) is 3.18. The summed E-state index contributed by atoms with van der Waals surface area (Å²) in [6, 6.07) is 3.78. The minimum Gasteiger partial charge on any atom is -0.397 e. The van der Waals surface area contributed by atoms with Crippen molar-refractivity contribution in [1.82, 2.24) is 9.97 Å². The predicted octanol–water partition coefficient (Wildman–Crippen LogP) is 1.83. The lowest BCUT2D eigenvalue weighted by atomic mass is 10.2. The van der Waals surface area contributed by atoms with Crippen LogP contribution in [0.4, 0.5) is 5.69 Å². The first kappa shape index (κ1) is 7.98. The average Bonchev–Trinajstić information content (AvgIpc) is 2.07. The number of hydrogen-bond donors (Lipinski definition) is 1. The van der Waals surface area contributed by atoms with Crippen LogP contribution in [0.15, 0.2) is 18.3 Å². The van der Waals surface area contributed by atoms with E-state index in [1.165, 1.54) is 0 Å². The Morgan fingerprint density at radius 2 is 2.00 bits per heavy atom. The van der Waals surface area contributed by atoms with Crippen molar-refractivity contribution in [2.24, 2.45) is 0 Å². The fraction of sp³-hybridized carbons (Fsp3) is 0.200. The van der Waals surface area contributed by atoms with Gasteiger partial charge >= 0.3 is 0 Å². The molecule has 3 heteroatoms. The quantitative estimate of drug-likeness (QED) is 0.661. The van der Waals surface area contributed by atoms with Crippen LogP contribution in [-0.2, 0) is 0 Å². The SMILES string of the molecule is Cc1cc(N)c2nccc(C)c2n1. The molecule has 0 unspecified atom stereocenters. The molecule has 0 saturated carbocycles. The Kier molecular flexibility index (Phi) is 1.65. The van der Waals surface area contributed by atoms with E-state index in [4.69, 9.17) is 5.73 Å². The highest BCUT2D eigenvalue weighted by Crippen LogP contribution is 2.19. The van der Waals surface area contributed by atoms with Crippen molar-refractivity contribution in [3.05, 3.63) is 29.6 Å². The van der Waals surface area contributed by atoms with Gasteiger partial charge in [-0.3, -0.25) is 9.97 Å². The van der Waals surface area contributed by atoms with E-state index in [0.717, 1.165) is 22.3 Å². The third-order valence-electron chi connectivity index (χ3n) is 2.05. The lowest BCUT2D eigenvalue weighted by Crippen LogP contribution is -1.95. The molecule has 0 amide bonds. The maximum atomic E-state index is 5.82. The summed E-state index contributed by atoms with van der Waals surface area (Å²) >= 11 is 0. The van der Waals surface area contributed by atoms with Crippen molar-refractivity contribution < 1.29 is 0 Å². The predicted molar refractivity (Wildman–Crippen MR) is 53.4 cm³/mol. The van der Waals surface area contributed by atoms with Gasteiger partial charge in [-0.25, -0.2) is 0 Å². The van der Waals surface area contributed by atoms with Crippen LogP contribution in [-0.4, -0.2) is 9.97 Å². The summed E-state index contributed by atoms with van der Waals surface area (Å²) in [7, 11) is 0. The van der Waals surface area contributed by atoms with Crippen molar-refractivity contribution in [2.45, 2.75) is 13.8 Å². The second kappa shape index (κ2) is 2.69.